The first-order valence-corrected chi connectivity index (χ1v) is 3.19. The number of nitrogens with zero attached hydrogens (tertiary/aromatic N) is 2. The average molecular weight is 140 g/mol. The van der Waals surface area contributed by atoms with E-state index in [0.717, 1.165) is 5.88 Å². The van der Waals surface area contributed by atoms with Crippen LogP contribution in [0.4, 0.5) is 0 Å². The molecule has 1 N–H and O–H groups in total. The maximum absolute atomic E-state index is 8.79. The van der Waals surface area contributed by atoms with Gasteiger partial charge in [0.15, 0.2) is 0 Å². The number of ether oxygens (including phenoxy) is 1. The second-order valence-corrected chi connectivity index (χ2v) is 2.26. The number of rotatable bonds is 1. The van der Waals surface area contributed by atoms with E-state index in [1.165, 1.54) is 0 Å². The van der Waals surface area contributed by atoms with Crippen molar-refractivity contribution in [1.82, 2.24) is 9.78 Å². The van der Waals surface area contributed by atoms with E-state index in [0.29, 0.717) is 6.61 Å². The highest BCUT2D eigenvalue weighted by atomic mass is 16.5. The monoisotopic (exact) mass is 140 g/mol. The first-order chi connectivity index (χ1) is 4.92. The molecule has 1 aromatic heterocycles. The summed E-state index contributed by atoms with van der Waals surface area (Å²) in [5, 5.41) is 12.8. The third-order valence-corrected chi connectivity index (χ3v) is 1.61. The summed E-state index contributed by atoms with van der Waals surface area (Å²) in [5.41, 5.74) is 0. The van der Waals surface area contributed by atoms with Crippen LogP contribution in [0.3, 0.4) is 0 Å². The van der Waals surface area contributed by atoms with Crippen molar-refractivity contribution in [3.8, 4) is 5.88 Å². The first kappa shape index (κ1) is 5.73. The molecular formula is C6H8N2O2. The fraction of sp³-hybridized carbons (Fsp3) is 0.500. The molecular weight excluding hydrogens is 132 g/mol. The van der Waals surface area contributed by atoms with Crippen molar-refractivity contribution in [3.63, 3.8) is 0 Å². The van der Waals surface area contributed by atoms with E-state index in [1.807, 2.05) is 0 Å². The van der Waals surface area contributed by atoms with E-state index in [1.54, 1.807) is 16.9 Å². The third-order valence-electron chi connectivity index (χ3n) is 1.61. The Kier molecular flexibility index (Phi) is 1.14. The van der Waals surface area contributed by atoms with Gasteiger partial charge in [0.1, 0.15) is 12.6 Å². The van der Waals surface area contributed by atoms with Crippen LogP contribution in [0.25, 0.3) is 0 Å². The lowest BCUT2D eigenvalue weighted by molar-refractivity contribution is 0.206. The van der Waals surface area contributed by atoms with Gasteiger partial charge in [-0.05, 0) is 0 Å². The summed E-state index contributed by atoms with van der Waals surface area (Å²) in [6.07, 6.45) is 1.66. The zero-order valence-corrected chi connectivity index (χ0v) is 5.40. The van der Waals surface area contributed by atoms with Gasteiger partial charge in [-0.3, -0.25) is 0 Å². The van der Waals surface area contributed by atoms with Gasteiger partial charge in [-0.2, -0.15) is 5.10 Å². The van der Waals surface area contributed by atoms with E-state index in [-0.39, 0.29) is 12.6 Å². The van der Waals surface area contributed by atoms with E-state index >= 15 is 0 Å². The van der Waals surface area contributed by atoms with Crippen LogP contribution >= 0.6 is 0 Å². The molecule has 54 valence electrons. The molecule has 0 amide bonds. The van der Waals surface area contributed by atoms with Crippen molar-refractivity contribution in [1.29, 1.82) is 0 Å². The lowest BCUT2D eigenvalue weighted by Gasteiger charge is -2.02. The highest BCUT2D eigenvalue weighted by Crippen LogP contribution is 2.23. The topological polar surface area (TPSA) is 47.3 Å². The molecule has 0 spiro atoms. The average Bonchev–Trinajstić information content (AvgIpc) is 2.44. The van der Waals surface area contributed by atoms with Crippen molar-refractivity contribution in [2.75, 3.05) is 13.2 Å². The van der Waals surface area contributed by atoms with Crippen LogP contribution in [-0.4, -0.2) is 28.1 Å². The predicted octanol–water partition coefficient (Wildman–Crippen LogP) is -0.191. The number of aliphatic hydroxyl groups is 1. The Bertz CT molecular complexity index is 233. The summed E-state index contributed by atoms with van der Waals surface area (Å²) in [7, 11) is 0. The Morgan fingerprint density at radius 3 is 3.60 bits per heavy atom. The van der Waals surface area contributed by atoms with Crippen LogP contribution in [-0.2, 0) is 0 Å². The Labute approximate surface area is 58.0 Å². The van der Waals surface area contributed by atoms with Crippen molar-refractivity contribution in [2.24, 2.45) is 0 Å². The molecule has 1 aromatic rings. The van der Waals surface area contributed by atoms with Crippen LogP contribution in [0.15, 0.2) is 12.3 Å². The van der Waals surface area contributed by atoms with Gasteiger partial charge in [0.05, 0.1) is 12.8 Å². The van der Waals surface area contributed by atoms with E-state index in [2.05, 4.69) is 5.10 Å². The van der Waals surface area contributed by atoms with Gasteiger partial charge in [0.25, 0.3) is 0 Å². The molecule has 0 radical (unpaired) electrons. The Balaban J connectivity index is 2.34. The van der Waals surface area contributed by atoms with Gasteiger partial charge in [0, 0.05) is 6.07 Å². The van der Waals surface area contributed by atoms with Gasteiger partial charge in [-0.25, -0.2) is 4.68 Å². The quantitative estimate of drug-likeness (QED) is 0.588. The zero-order valence-electron chi connectivity index (χ0n) is 5.40. The highest BCUT2D eigenvalue weighted by Gasteiger charge is 2.22. The van der Waals surface area contributed by atoms with Crippen LogP contribution in [0.5, 0.6) is 5.88 Å². The molecule has 0 fully saturated rings. The molecule has 4 heteroatoms. The summed E-state index contributed by atoms with van der Waals surface area (Å²) in [5.74, 6) is 0.749. The summed E-state index contributed by atoms with van der Waals surface area (Å²) in [6, 6.07) is 1.81. The van der Waals surface area contributed by atoms with Crippen molar-refractivity contribution < 1.29 is 9.84 Å². The fourth-order valence-electron chi connectivity index (χ4n) is 1.07. The molecule has 0 bridgehead atoms. The van der Waals surface area contributed by atoms with Crippen LogP contribution in [0, 0.1) is 0 Å². The normalized spacial score (nSPS) is 22.3. The minimum absolute atomic E-state index is 0.0185. The lowest BCUT2D eigenvalue weighted by atomic mass is 10.4. The molecule has 1 aliphatic rings. The largest absolute Gasteiger partial charge is 0.475 e. The van der Waals surface area contributed by atoms with Gasteiger partial charge < -0.3 is 9.84 Å². The molecule has 10 heavy (non-hydrogen) atoms. The summed E-state index contributed by atoms with van der Waals surface area (Å²) in [6.45, 7) is 0.633. The molecule has 1 unspecified atom stereocenters. The maximum atomic E-state index is 8.79. The number of fused-ring (bicyclic) bond motifs is 1. The maximum Gasteiger partial charge on any atom is 0.212 e. The summed E-state index contributed by atoms with van der Waals surface area (Å²) < 4.78 is 6.88. The lowest BCUT2D eigenvalue weighted by Crippen LogP contribution is -2.12. The van der Waals surface area contributed by atoms with Gasteiger partial charge >= 0.3 is 0 Å². The Morgan fingerprint density at radius 1 is 1.90 bits per heavy atom. The van der Waals surface area contributed by atoms with Crippen LogP contribution in [0.2, 0.25) is 0 Å². The molecule has 1 atom stereocenters. The second kappa shape index (κ2) is 1.98. The first-order valence-electron chi connectivity index (χ1n) is 3.19. The number of aromatic nitrogens is 2. The molecule has 2 rings (SSSR count). The number of aliphatic hydroxyl groups excluding tert-OH is 1. The predicted molar refractivity (Wildman–Crippen MR) is 33.8 cm³/mol. The number of hydrogen-bond donors (Lipinski definition) is 1. The van der Waals surface area contributed by atoms with Crippen molar-refractivity contribution >= 4 is 0 Å². The standard InChI is InChI=1S/C6H8N2O2/c9-3-5-4-10-6-1-2-7-8(5)6/h1-2,5,9H,3-4H2. The summed E-state index contributed by atoms with van der Waals surface area (Å²) in [4.78, 5) is 0. The molecule has 0 aliphatic carbocycles. The highest BCUT2D eigenvalue weighted by molar-refractivity contribution is 5.12. The molecule has 1 aliphatic heterocycles. The third kappa shape index (κ3) is 0.623. The van der Waals surface area contributed by atoms with Gasteiger partial charge in [-0.15, -0.1) is 0 Å². The SMILES string of the molecule is OCC1COc2ccnn21. The molecule has 2 heterocycles. The van der Waals surface area contributed by atoms with Crippen molar-refractivity contribution in [2.45, 2.75) is 6.04 Å². The molecule has 0 saturated heterocycles. The van der Waals surface area contributed by atoms with E-state index in [9.17, 15) is 0 Å². The number of hydrogen-bond acceptors (Lipinski definition) is 3. The van der Waals surface area contributed by atoms with Crippen LogP contribution in [0.1, 0.15) is 6.04 Å². The minimum Gasteiger partial charge on any atom is -0.475 e. The van der Waals surface area contributed by atoms with Crippen molar-refractivity contribution in [3.05, 3.63) is 12.3 Å². The second-order valence-electron chi connectivity index (χ2n) is 2.26. The minimum atomic E-state index is 0.0185. The smallest absolute Gasteiger partial charge is 0.212 e. The fourth-order valence-corrected chi connectivity index (χ4v) is 1.07. The van der Waals surface area contributed by atoms with Gasteiger partial charge in [0.2, 0.25) is 5.88 Å². The van der Waals surface area contributed by atoms with E-state index < -0.39 is 0 Å². The Hall–Kier alpha value is -1.03. The molecule has 4 nitrogen and oxygen atoms in total. The van der Waals surface area contributed by atoms with E-state index in [4.69, 9.17) is 9.84 Å². The molecule has 0 saturated carbocycles. The zero-order chi connectivity index (χ0) is 6.97. The van der Waals surface area contributed by atoms with Gasteiger partial charge in [-0.1, -0.05) is 0 Å². The van der Waals surface area contributed by atoms with Crippen LogP contribution < -0.4 is 4.74 Å². The Morgan fingerprint density at radius 2 is 2.80 bits per heavy atom. The summed E-state index contributed by atoms with van der Waals surface area (Å²) >= 11 is 0. The molecule has 0 aromatic carbocycles.